The van der Waals surface area contributed by atoms with Crippen LogP contribution in [0, 0.1) is 22.7 Å². The van der Waals surface area contributed by atoms with Crippen LogP contribution in [0.1, 0.15) is 45.4 Å². The summed E-state index contributed by atoms with van der Waals surface area (Å²) in [6.45, 7) is 0.780. The molecule has 4 aliphatic rings. The third kappa shape index (κ3) is 2.54. The Morgan fingerprint density at radius 2 is 1.85 bits per heavy atom. The van der Waals surface area contributed by atoms with Crippen LogP contribution in [-0.2, 0) is 9.63 Å². The summed E-state index contributed by atoms with van der Waals surface area (Å²) in [5, 5.41) is 0. The minimum atomic E-state index is -4.42. The number of halogens is 3. The van der Waals surface area contributed by atoms with E-state index >= 15 is 0 Å². The molecular weight excluding hydrogens is 271 g/mol. The monoisotopic (exact) mass is 291 g/mol. The fourth-order valence-electron chi connectivity index (χ4n) is 5.28. The van der Waals surface area contributed by atoms with E-state index in [1.54, 1.807) is 0 Å². The highest BCUT2D eigenvalue weighted by Gasteiger charge is 2.59. The standard InChI is InChI=1S/C14H20F3NO2/c1-12-3-9-2-10(4-12)6-13(5-9,7-12)11(19)18-20-8-14(15,16)17/h9-10H,2-8H2,1H3,(H,18,19). The van der Waals surface area contributed by atoms with Crippen LogP contribution in [0.4, 0.5) is 13.2 Å². The minimum Gasteiger partial charge on any atom is -0.272 e. The van der Waals surface area contributed by atoms with Gasteiger partial charge in [0.05, 0.1) is 5.41 Å². The Kier molecular flexibility index (Phi) is 3.09. The number of rotatable bonds is 3. The number of carbonyl (C=O) groups excluding carboxylic acids is 1. The van der Waals surface area contributed by atoms with Crippen LogP contribution in [0.15, 0.2) is 0 Å². The molecule has 0 radical (unpaired) electrons. The summed E-state index contributed by atoms with van der Waals surface area (Å²) in [6, 6.07) is 0. The van der Waals surface area contributed by atoms with E-state index in [0.29, 0.717) is 11.8 Å². The van der Waals surface area contributed by atoms with Crippen LogP contribution < -0.4 is 5.48 Å². The third-order valence-electron chi connectivity index (χ3n) is 5.24. The Hall–Kier alpha value is -0.780. The number of hydrogen-bond donors (Lipinski definition) is 1. The highest BCUT2D eigenvalue weighted by Crippen LogP contribution is 2.65. The molecular formula is C14H20F3NO2. The maximum absolute atomic E-state index is 12.3. The van der Waals surface area contributed by atoms with Gasteiger partial charge in [0, 0.05) is 0 Å². The first-order valence-electron chi connectivity index (χ1n) is 7.19. The molecule has 4 rings (SSSR count). The number of alkyl halides is 3. The van der Waals surface area contributed by atoms with Gasteiger partial charge in [-0.15, -0.1) is 0 Å². The summed E-state index contributed by atoms with van der Waals surface area (Å²) in [6.07, 6.45) is 1.47. The molecule has 0 aromatic carbocycles. The van der Waals surface area contributed by atoms with Crippen LogP contribution in [0.2, 0.25) is 0 Å². The Labute approximate surface area is 116 Å². The quantitative estimate of drug-likeness (QED) is 0.811. The summed E-state index contributed by atoms with van der Waals surface area (Å²) >= 11 is 0. The lowest BCUT2D eigenvalue weighted by atomic mass is 9.44. The van der Waals surface area contributed by atoms with Crippen molar-refractivity contribution < 1.29 is 22.8 Å². The van der Waals surface area contributed by atoms with E-state index in [1.807, 2.05) is 0 Å². The predicted molar refractivity (Wildman–Crippen MR) is 65.4 cm³/mol. The smallest absolute Gasteiger partial charge is 0.272 e. The molecule has 4 aliphatic carbocycles. The first kappa shape index (κ1) is 14.2. The average molecular weight is 291 g/mol. The first-order valence-corrected chi connectivity index (χ1v) is 7.19. The van der Waals surface area contributed by atoms with Gasteiger partial charge in [-0.25, -0.2) is 5.48 Å². The van der Waals surface area contributed by atoms with E-state index in [4.69, 9.17) is 0 Å². The molecule has 4 bridgehead atoms. The number of hydroxylamine groups is 1. The van der Waals surface area contributed by atoms with Crippen LogP contribution in [0.3, 0.4) is 0 Å². The normalized spacial score (nSPS) is 42.8. The number of hydrogen-bond acceptors (Lipinski definition) is 2. The summed E-state index contributed by atoms with van der Waals surface area (Å²) in [5.41, 5.74) is 1.74. The molecule has 3 nitrogen and oxygen atoms in total. The zero-order valence-electron chi connectivity index (χ0n) is 11.6. The van der Waals surface area contributed by atoms with Crippen molar-refractivity contribution in [2.24, 2.45) is 22.7 Å². The molecule has 1 amide bonds. The molecule has 0 saturated heterocycles. The van der Waals surface area contributed by atoms with E-state index in [1.165, 1.54) is 6.42 Å². The fraction of sp³-hybridized carbons (Fsp3) is 0.929. The second-order valence-corrected chi connectivity index (χ2v) is 7.39. The molecule has 1 N–H and O–H groups in total. The maximum atomic E-state index is 12.3. The number of carbonyl (C=O) groups is 1. The SMILES string of the molecule is CC12CC3CC(C1)CC(C(=O)NOCC(F)(F)F)(C3)C2. The van der Waals surface area contributed by atoms with E-state index in [9.17, 15) is 18.0 Å². The molecule has 4 fully saturated rings. The van der Waals surface area contributed by atoms with E-state index in [2.05, 4.69) is 17.2 Å². The topological polar surface area (TPSA) is 38.3 Å². The Morgan fingerprint density at radius 1 is 1.25 bits per heavy atom. The van der Waals surface area contributed by atoms with E-state index in [0.717, 1.165) is 32.1 Å². The van der Waals surface area contributed by atoms with Gasteiger partial charge in [-0.1, -0.05) is 6.92 Å². The van der Waals surface area contributed by atoms with Crippen molar-refractivity contribution in [1.29, 1.82) is 0 Å². The zero-order chi connectivity index (χ0) is 14.6. The van der Waals surface area contributed by atoms with Crippen LogP contribution in [0.5, 0.6) is 0 Å². The fourth-order valence-corrected chi connectivity index (χ4v) is 5.28. The molecule has 0 aliphatic heterocycles. The molecule has 0 aromatic rings. The van der Waals surface area contributed by atoms with Gasteiger partial charge >= 0.3 is 6.18 Å². The van der Waals surface area contributed by atoms with Crippen molar-refractivity contribution in [3.63, 3.8) is 0 Å². The molecule has 20 heavy (non-hydrogen) atoms. The van der Waals surface area contributed by atoms with Crippen molar-refractivity contribution >= 4 is 5.91 Å². The molecule has 6 heteroatoms. The van der Waals surface area contributed by atoms with Gasteiger partial charge in [-0.05, 0) is 55.8 Å². The van der Waals surface area contributed by atoms with Gasteiger partial charge in [-0.2, -0.15) is 13.2 Å². The van der Waals surface area contributed by atoms with Gasteiger partial charge < -0.3 is 0 Å². The minimum absolute atomic E-state index is 0.186. The second kappa shape index (κ2) is 4.36. The number of nitrogens with one attached hydrogen (secondary N) is 1. The molecule has 2 unspecified atom stereocenters. The van der Waals surface area contributed by atoms with Crippen molar-refractivity contribution in [1.82, 2.24) is 5.48 Å². The van der Waals surface area contributed by atoms with Crippen molar-refractivity contribution in [3.05, 3.63) is 0 Å². The highest BCUT2D eigenvalue weighted by atomic mass is 19.4. The summed E-state index contributed by atoms with van der Waals surface area (Å²) in [7, 11) is 0. The Balaban J connectivity index is 1.65. The molecule has 4 saturated carbocycles. The lowest BCUT2D eigenvalue weighted by molar-refractivity contribution is -0.200. The molecule has 0 aromatic heterocycles. The molecule has 0 heterocycles. The summed E-state index contributed by atoms with van der Waals surface area (Å²) < 4.78 is 36.2. The third-order valence-corrected chi connectivity index (χ3v) is 5.24. The van der Waals surface area contributed by atoms with Crippen molar-refractivity contribution in [2.75, 3.05) is 6.61 Å². The highest BCUT2D eigenvalue weighted by molar-refractivity contribution is 5.82. The maximum Gasteiger partial charge on any atom is 0.414 e. The van der Waals surface area contributed by atoms with E-state index < -0.39 is 18.2 Å². The average Bonchev–Trinajstić information content (AvgIpc) is 2.23. The number of amides is 1. The van der Waals surface area contributed by atoms with Crippen LogP contribution >= 0.6 is 0 Å². The molecule has 114 valence electrons. The van der Waals surface area contributed by atoms with Gasteiger partial charge in [-0.3, -0.25) is 9.63 Å². The van der Waals surface area contributed by atoms with Gasteiger partial charge in [0.2, 0.25) is 5.91 Å². The summed E-state index contributed by atoms with van der Waals surface area (Å²) in [5.74, 6) is 0.756. The predicted octanol–water partition coefficient (Wildman–Crippen LogP) is 3.20. The second-order valence-electron chi connectivity index (χ2n) is 7.39. The van der Waals surface area contributed by atoms with Gasteiger partial charge in [0.25, 0.3) is 0 Å². The first-order chi connectivity index (χ1) is 9.20. The summed E-state index contributed by atoms with van der Waals surface area (Å²) in [4.78, 5) is 16.7. The van der Waals surface area contributed by atoms with Gasteiger partial charge in [0.15, 0.2) is 6.61 Å². The largest absolute Gasteiger partial charge is 0.414 e. The zero-order valence-corrected chi connectivity index (χ0v) is 11.6. The van der Waals surface area contributed by atoms with Gasteiger partial charge in [0.1, 0.15) is 0 Å². The Morgan fingerprint density at radius 3 is 2.35 bits per heavy atom. The molecule has 2 atom stereocenters. The Bertz CT molecular complexity index is 407. The van der Waals surface area contributed by atoms with Crippen LogP contribution in [0.25, 0.3) is 0 Å². The molecule has 0 spiro atoms. The lowest BCUT2D eigenvalue weighted by Gasteiger charge is -2.60. The lowest BCUT2D eigenvalue weighted by Crippen LogP contribution is -2.56. The van der Waals surface area contributed by atoms with Crippen LogP contribution in [-0.4, -0.2) is 18.7 Å². The van der Waals surface area contributed by atoms with E-state index in [-0.39, 0.29) is 11.3 Å². The van der Waals surface area contributed by atoms with Crippen molar-refractivity contribution in [3.8, 4) is 0 Å². The van der Waals surface area contributed by atoms with Crippen molar-refractivity contribution in [2.45, 2.75) is 51.6 Å².